The molecule has 0 saturated heterocycles. The standard InChI is InChI=1S/C16H19N3/c1-18-10-14-15(16(11-18)6-3-4-7-16)12-9-17-8-5-13(12)19(14)2/h5,8-9H,1-4,6-7,10-11H2/q-2. The van der Waals surface area contributed by atoms with Crippen LogP contribution in [-0.4, -0.2) is 21.0 Å². The average Bonchev–Trinajstić information content (AvgIpc) is 2.96. The van der Waals surface area contributed by atoms with Gasteiger partial charge in [0.05, 0.1) is 0 Å². The van der Waals surface area contributed by atoms with Crippen LogP contribution in [-0.2, 0) is 12.0 Å². The molecule has 2 aromatic heterocycles. The maximum absolute atomic E-state index is 4.34. The van der Waals surface area contributed by atoms with Crippen molar-refractivity contribution in [1.82, 2.24) is 14.5 Å². The minimum absolute atomic E-state index is 0.291. The third-order valence-corrected chi connectivity index (χ3v) is 4.96. The van der Waals surface area contributed by atoms with Gasteiger partial charge < -0.3 is 9.47 Å². The first kappa shape index (κ1) is 11.4. The van der Waals surface area contributed by atoms with E-state index in [0.29, 0.717) is 5.41 Å². The molecule has 0 amide bonds. The van der Waals surface area contributed by atoms with Gasteiger partial charge in [0.25, 0.3) is 0 Å². The number of hydrogen-bond donors (Lipinski definition) is 0. The summed E-state index contributed by atoms with van der Waals surface area (Å²) in [4.78, 5) is 6.55. The molecule has 19 heavy (non-hydrogen) atoms. The van der Waals surface area contributed by atoms with Crippen LogP contribution in [0.2, 0.25) is 0 Å². The summed E-state index contributed by atoms with van der Waals surface area (Å²) in [6.45, 7) is 1.98. The van der Waals surface area contributed by atoms with Crippen LogP contribution in [0.3, 0.4) is 0 Å². The van der Waals surface area contributed by atoms with Crippen molar-refractivity contribution in [2.24, 2.45) is 0 Å². The molecule has 1 fully saturated rings. The van der Waals surface area contributed by atoms with E-state index in [4.69, 9.17) is 0 Å². The van der Waals surface area contributed by atoms with Crippen molar-refractivity contribution in [2.45, 2.75) is 37.6 Å². The zero-order valence-corrected chi connectivity index (χ0v) is 11.2. The molecule has 0 atom stereocenters. The van der Waals surface area contributed by atoms with Gasteiger partial charge in [0.2, 0.25) is 0 Å². The van der Waals surface area contributed by atoms with Gasteiger partial charge in [0.1, 0.15) is 0 Å². The minimum Gasteiger partial charge on any atom is -0.483 e. The van der Waals surface area contributed by atoms with E-state index < -0.39 is 0 Å². The summed E-state index contributed by atoms with van der Waals surface area (Å²) in [7, 11) is 8.45. The fraction of sp³-hybridized carbons (Fsp3) is 0.438. The van der Waals surface area contributed by atoms with E-state index in [-0.39, 0.29) is 0 Å². The number of rotatable bonds is 0. The first-order chi connectivity index (χ1) is 9.21. The summed E-state index contributed by atoms with van der Waals surface area (Å²) in [5.41, 5.74) is 4.36. The Morgan fingerprint density at radius 2 is 2.00 bits per heavy atom. The van der Waals surface area contributed by atoms with Gasteiger partial charge in [-0.2, -0.15) is 0 Å². The first-order valence-corrected chi connectivity index (χ1v) is 7.05. The first-order valence-electron chi connectivity index (χ1n) is 7.05. The predicted molar refractivity (Wildman–Crippen MR) is 76.4 cm³/mol. The molecule has 0 N–H and O–H groups in total. The number of fused-ring (bicyclic) bond motifs is 4. The van der Waals surface area contributed by atoms with Gasteiger partial charge in [-0.25, -0.2) is 0 Å². The number of hydrogen-bond acceptors (Lipinski definition) is 2. The lowest BCUT2D eigenvalue weighted by atomic mass is 9.75. The topological polar surface area (TPSA) is 21.1 Å². The van der Waals surface area contributed by atoms with Gasteiger partial charge in [0.15, 0.2) is 0 Å². The molecule has 2 aliphatic rings. The Kier molecular flexibility index (Phi) is 2.25. The largest absolute Gasteiger partial charge is 0.483 e. The summed E-state index contributed by atoms with van der Waals surface area (Å²) in [6, 6.07) is 2.08. The zero-order chi connectivity index (χ0) is 13.0. The second-order valence-electron chi connectivity index (χ2n) is 6.12. The smallest absolute Gasteiger partial charge is 0.0230 e. The highest BCUT2D eigenvalue weighted by atomic mass is 15.1. The SMILES string of the molecule is [CH2-]N1Cc2c(c3cnccc3n2[CH2-])C2(CCCC2)C1. The van der Waals surface area contributed by atoms with E-state index in [9.17, 15) is 0 Å². The highest BCUT2D eigenvalue weighted by molar-refractivity contribution is 5.86. The summed E-state index contributed by atoms with van der Waals surface area (Å²) in [6.07, 6.45) is 9.10. The highest BCUT2D eigenvalue weighted by Crippen LogP contribution is 2.49. The van der Waals surface area contributed by atoms with Crippen LogP contribution in [0, 0.1) is 14.1 Å². The predicted octanol–water partition coefficient (Wildman–Crippen LogP) is 3.09. The molecule has 0 unspecified atom stereocenters. The summed E-state index contributed by atoms with van der Waals surface area (Å²) in [5, 5.41) is 1.31. The van der Waals surface area contributed by atoms with Gasteiger partial charge in [-0.3, -0.25) is 12.0 Å². The Morgan fingerprint density at radius 1 is 1.21 bits per heavy atom. The van der Waals surface area contributed by atoms with Crippen LogP contribution < -0.4 is 0 Å². The van der Waals surface area contributed by atoms with Gasteiger partial charge in [-0.15, -0.1) is 7.05 Å². The van der Waals surface area contributed by atoms with E-state index in [2.05, 4.69) is 34.6 Å². The van der Waals surface area contributed by atoms with Crippen LogP contribution in [0.25, 0.3) is 10.9 Å². The molecule has 3 nitrogen and oxygen atoms in total. The van der Waals surface area contributed by atoms with E-state index in [1.165, 1.54) is 47.8 Å². The van der Waals surface area contributed by atoms with Crippen LogP contribution in [0.5, 0.6) is 0 Å². The Hall–Kier alpha value is -1.48. The monoisotopic (exact) mass is 253 g/mol. The number of pyridine rings is 1. The lowest BCUT2D eigenvalue weighted by molar-refractivity contribution is 0.232. The molecule has 100 valence electrons. The van der Waals surface area contributed by atoms with Crippen molar-refractivity contribution >= 4 is 10.9 Å². The summed E-state index contributed by atoms with van der Waals surface area (Å²) >= 11 is 0. The lowest BCUT2D eigenvalue weighted by Crippen LogP contribution is -2.41. The van der Waals surface area contributed by atoms with Gasteiger partial charge in [-0.05, 0) is 36.7 Å². The summed E-state index contributed by atoms with van der Waals surface area (Å²) < 4.78 is 2.10. The van der Waals surface area contributed by atoms with E-state index in [1.807, 2.05) is 12.4 Å². The molecule has 3 heterocycles. The van der Waals surface area contributed by atoms with Crippen LogP contribution in [0.15, 0.2) is 18.5 Å². The number of nitrogens with zero attached hydrogens (tertiary/aromatic N) is 3. The van der Waals surface area contributed by atoms with Crippen molar-refractivity contribution in [3.8, 4) is 0 Å². The number of aromatic nitrogens is 2. The molecule has 0 aromatic carbocycles. The van der Waals surface area contributed by atoms with Crippen molar-refractivity contribution in [3.05, 3.63) is 43.8 Å². The summed E-state index contributed by atoms with van der Waals surface area (Å²) in [5.74, 6) is 0. The van der Waals surface area contributed by atoms with Crippen LogP contribution >= 0.6 is 0 Å². The molecule has 1 aliphatic carbocycles. The molecule has 3 heteroatoms. The van der Waals surface area contributed by atoms with Crippen LogP contribution in [0.1, 0.15) is 36.9 Å². The van der Waals surface area contributed by atoms with Crippen molar-refractivity contribution in [1.29, 1.82) is 0 Å². The second kappa shape index (κ2) is 3.76. The maximum atomic E-state index is 4.34. The molecule has 1 aliphatic heterocycles. The van der Waals surface area contributed by atoms with Gasteiger partial charge >= 0.3 is 0 Å². The van der Waals surface area contributed by atoms with Crippen molar-refractivity contribution < 1.29 is 0 Å². The Bertz CT molecular complexity index is 635. The normalized spacial score (nSPS) is 22.2. The Morgan fingerprint density at radius 3 is 2.79 bits per heavy atom. The molecule has 1 spiro atoms. The Labute approximate surface area is 114 Å². The molecule has 1 saturated carbocycles. The second-order valence-corrected chi connectivity index (χ2v) is 6.12. The fourth-order valence-corrected chi connectivity index (χ4v) is 4.24. The third kappa shape index (κ3) is 1.42. The van der Waals surface area contributed by atoms with E-state index in [1.54, 1.807) is 0 Å². The van der Waals surface area contributed by atoms with Crippen LogP contribution in [0.4, 0.5) is 0 Å². The quantitative estimate of drug-likeness (QED) is 0.673. The molecule has 0 bridgehead atoms. The fourth-order valence-electron chi connectivity index (χ4n) is 4.24. The highest BCUT2D eigenvalue weighted by Gasteiger charge is 2.39. The van der Waals surface area contributed by atoms with E-state index in [0.717, 1.165) is 13.1 Å². The van der Waals surface area contributed by atoms with Gasteiger partial charge in [0, 0.05) is 12.4 Å². The lowest BCUT2D eigenvalue weighted by Gasteiger charge is -2.46. The zero-order valence-electron chi connectivity index (χ0n) is 11.2. The third-order valence-electron chi connectivity index (χ3n) is 4.96. The molecule has 0 radical (unpaired) electrons. The average molecular weight is 253 g/mol. The molecular formula is C16H19N3-2. The Balaban J connectivity index is 2.06. The van der Waals surface area contributed by atoms with E-state index >= 15 is 0 Å². The van der Waals surface area contributed by atoms with Gasteiger partial charge in [-0.1, -0.05) is 35.7 Å². The molecule has 4 rings (SSSR count). The molecule has 2 aromatic rings. The van der Waals surface area contributed by atoms with Crippen molar-refractivity contribution in [2.75, 3.05) is 6.54 Å². The van der Waals surface area contributed by atoms with Crippen molar-refractivity contribution in [3.63, 3.8) is 0 Å². The maximum Gasteiger partial charge on any atom is 0.0230 e. The molecular weight excluding hydrogens is 234 g/mol. The minimum atomic E-state index is 0.291.